The van der Waals surface area contributed by atoms with Gasteiger partial charge in [-0.2, -0.15) is 0 Å². The minimum Gasteiger partial charge on any atom is -0.462 e. The van der Waals surface area contributed by atoms with Gasteiger partial charge in [-0.15, -0.1) is 0 Å². The van der Waals surface area contributed by atoms with Gasteiger partial charge in [0.25, 0.3) is 0 Å². The number of hydrogen-bond donors (Lipinski definition) is 0. The van der Waals surface area contributed by atoms with Crippen LogP contribution in [0.3, 0.4) is 0 Å². The van der Waals surface area contributed by atoms with Crippen molar-refractivity contribution in [3.63, 3.8) is 0 Å². The summed E-state index contributed by atoms with van der Waals surface area (Å²) in [7, 11) is 0. The third-order valence-corrected chi connectivity index (χ3v) is 9.71. The molecule has 6 heteroatoms. The molecule has 1 unspecified atom stereocenters. The number of hydrogen-bond acceptors (Lipinski definition) is 6. The molecule has 0 heterocycles. The van der Waals surface area contributed by atoms with E-state index in [9.17, 15) is 14.4 Å². The van der Waals surface area contributed by atoms with E-state index in [1.807, 2.05) is 30.4 Å². The van der Waals surface area contributed by atoms with Crippen molar-refractivity contribution in [2.75, 3.05) is 13.2 Å². The van der Waals surface area contributed by atoms with E-state index >= 15 is 0 Å². The molecule has 0 aliphatic rings. The summed E-state index contributed by atoms with van der Waals surface area (Å²) in [5, 5.41) is 0. The van der Waals surface area contributed by atoms with Gasteiger partial charge in [0.2, 0.25) is 0 Å². The summed E-state index contributed by atoms with van der Waals surface area (Å²) in [4.78, 5) is 37.8. The lowest BCUT2D eigenvalue weighted by atomic mass is 10.1. The lowest BCUT2D eigenvalue weighted by Crippen LogP contribution is -2.30. The van der Waals surface area contributed by atoms with Crippen LogP contribution in [0.5, 0.6) is 0 Å². The number of allylic oxidation sites excluding steroid dienone is 14. The number of carbonyl (C=O) groups is 3. The van der Waals surface area contributed by atoms with Crippen LogP contribution in [0.4, 0.5) is 0 Å². The Labute approximate surface area is 356 Å². The fourth-order valence-corrected chi connectivity index (χ4v) is 6.15. The summed E-state index contributed by atoms with van der Waals surface area (Å²) in [5.74, 6) is -1.02. The number of esters is 3. The van der Waals surface area contributed by atoms with Crippen LogP contribution in [0.25, 0.3) is 0 Å². The maximum atomic E-state index is 12.7. The van der Waals surface area contributed by atoms with E-state index in [1.54, 1.807) is 0 Å². The monoisotopic (exact) mass is 807 g/mol. The van der Waals surface area contributed by atoms with Crippen LogP contribution in [-0.4, -0.2) is 37.2 Å². The lowest BCUT2D eigenvalue weighted by Gasteiger charge is -2.18. The van der Waals surface area contributed by atoms with Gasteiger partial charge in [0, 0.05) is 19.3 Å². The fraction of sp³-hybridized carbons (Fsp3) is 0.673. The predicted molar refractivity (Wildman–Crippen MR) is 247 cm³/mol. The molecule has 0 fully saturated rings. The SMILES string of the molecule is CC\C=C/C=C\C=C/C=C\CCCCCCCC(=O)OCC(COC(=O)CCCCCCC/C=C\CCCCC)OC(=O)CC/C=C\C/C=C\CCCCCCCC. The Balaban J connectivity index is 4.52. The van der Waals surface area contributed by atoms with Crippen molar-refractivity contribution in [1.29, 1.82) is 0 Å². The van der Waals surface area contributed by atoms with Crippen LogP contribution in [-0.2, 0) is 28.6 Å². The van der Waals surface area contributed by atoms with E-state index < -0.39 is 12.1 Å². The van der Waals surface area contributed by atoms with Crippen molar-refractivity contribution in [2.45, 2.75) is 213 Å². The Kier molecular flexibility index (Phi) is 43.6. The third kappa shape index (κ3) is 43.7. The molecule has 0 amide bonds. The molecule has 0 aromatic rings. The summed E-state index contributed by atoms with van der Waals surface area (Å²) < 4.78 is 16.6. The van der Waals surface area contributed by atoms with Crippen LogP contribution >= 0.6 is 0 Å². The first-order valence-electron chi connectivity index (χ1n) is 23.6. The van der Waals surface area contributed by atoms with E-state index in [0.29, 0.717) is 19.3 Å². The quantitative estimate of drug-likeness (QED) is 0.0201. The third-order valence-electron chi connectivity index (χ3n) is 9.71. The molecule has 1 atom stereocenters. The minimum atomic E-state index is -0.818. The molecule has 0 bridgehead atoms. The molecule has 0 saturated heterocycles. The van der Waals surface area contributed by atoms with E-state index in [-0.39, 0.29) is 31.6 Å². The first kappa shape index (κ1) is 54.6. The summed E-state index contributed by atoms with van der Waals surface area (Å²) in [6.07, 6.45) is 58.6. The van der Waals surface area contributed by atoms with E-state index in [0.717, 1.165) is 89.9 Å². The first-order chi connectivity index (χ1) is 28.5. The second-order valence-electron chi connectivity index (χ2n) is 15.4. The van der Waals surface area contributed by atoms with Crippen molar-refractivity contribution in [2.24, 2.45) is 0 Å². The van der Waals surface area contributed by atoms with Crippen molar-refractivity contribution in [1.82, 2.24) is 0 Å². The van der Waals surface area contributed by atoms with Crippen LogP contribution in [0.2, 0.25) is 0 Å². The highest BCUT2D eigenvalue weighted by atomic mass is 16.6. The Morgan fingerprint density at radius 3 is 1.31 bits per heavy atom. The summed E-state index contributed by atoms with van der Waals surface area (Å²) in [5.41, 5.74) is 0. The summed E-state index contributed by atoms with van der Waals surface area (Å²) in [6, 6.07) is 0. The minimum absolute atomic E-state index is 0.112. The van der Waals surface area contributed by atoms with E-state index in [1.165, 1.54) is 70.6 Å². The molecule has 0 saturated carbocycles. The van der Waals surface area contributed by atoms with Gasteiger partial charge in [-0.25, -0.2) is 0 Å². The van der Waals surface area contributed by atoms with Crippen molar-refractivity contribution in [3.05, 3.63) is 85.1 Å². The maximum absolute atomic E-state index is 12.7. The molecule has 330 valence electrons. The van der Waals surface area contributed by atoms with E-state index in [4.69, 9.17) is 14.2 Å². The van der Waals surface area contributed by atoms with Crippen LogP contribution < -0.4 is 0 Å². The molecule has 0 radical (unpaired) electrons. The van der Waals surface area contributed by atoms with Crippen molar-refractivity contribution in [3.8, 4) is 0 Å². The van der Waals surface area contributed by atoms with Gasteiger partial charge in [0.1, 0.15) is 13.2 Å². The molecular weight excluding hydrogens is 721 g/mol. The Morgan fingerprint density at radius 2 is 0.776 bits per heavy atom. The zero-order valence-corrected chi connectivity index (χ0v) is 37.5. The number of unbranched alkanes of at least 4 members (excludes halogenated alkanes) is 19. The average Bonchev–Trinajstić information content (AvgIpc) is 3.22. The smallest absolute Gasteiger partial charge is 0.306 e. The molecule has 58 heavy (non-hydrogen) atoms. The molecule has 0 spiro atoms. The highest BCUT2D eigenvalue weighted by molar-refractivity contribution is 5.71. The Bertz CT molecular complexity index is 1160. The first-order valence-corrected chi connectivity index (χ1v) is 23.6. The van der Waals surface area contributed by atoms with Gasteiger partial charge in [0.05, 0.1) is 0 Å². The van der Waals surface area contributed by atoms with Gasteiger partial charge in [-0.3, -0.25) is 14.4 Å². The number of carbonyl (C=O) groups excluding carboxylic acids is 3. The topological polar surface area (TPSA) is 78.9 Å². The van der Waals surface area contributed by atoms with Gasteiger partial charge < -0.3 is 14.2 Å². The highest BCUT2D eigenvalue weighted by Gasteiger charge is 2.19. The van der Waals surface area contributed by atoms with Gasteiger partial charge in [-0.1, -0.05) is 189 Å². The molecule has 0 aliphatic carbocycles. The molecule has 0 rings (SSSR count). The van der Waals surface area contributed by atoms with Crippen LogP contribution in [0.1, 0.15) is 207 Å². The van der Waals surface area contributed by atoms with Crippen molar-refractivity contribution >= 4 is 17.9 Å². The normalized spacial score (nSPS) is 12.8. The zero-order valence-electron chi connectivity index (χ0n) is 37.5. The number of rotatable bonds is 41. The van der Waals surface area contributed by atoms with Gasteiger partial charge in [-0.05, 0) is 83.5 Å². The molecule has 0 aromatic heterocycles. The summed E-state index contributed by atoms with van der Waals surface area (Å²) in [6.45, 7) is 6.37. The largest absolute Gasteiger partial charge is 0.462 e. The standard InChI is InChI=1S/C52H86O6/c1-4-7-10-13-16-19-22-25-26-28-30-33-36-39-42-45-51(54)57-48-49(47-56-50(53)44-41-38-35-32-29-24-21-18-15-12-9-6-3)58-52(55)46-43-40-37-34-31-27-23-20-17-14-11-8-5-2/h7,10,13,16,18-19,21-22,25-27,31,37,40,49H,4-6,8-9,11-12,14-15,17,20,23-24,28-30,32-36,38-39,41-48H2,1-3H3/b10-7-,16-13-,21-18-,22-19-,26-25-,31-27-,40-37-. The fourth-order valence-electron chi connectivity index (χ4n) is 6.15. The van der Waals surface area contributed by atoms with E-state index in [2.05, 4.69) is 75.5 Å². The molecule has 6 nitrogen and oxygen atoms in total. The van der Waals surface area contributed by atoms with Crippen LogP contribution in [0.15, 0.2) is 85.1 Å². The van der Waals surface area contributed by atoms with Crippen molar-refractivity contribution < 1.29 is 28.6 Å². The Morgan fingerprint density at radius 1 is 0.379 bits per heavy atom. The zero-order chi connectivity index (χ0) is 42.3. The molecule has 0 aromatic carbocycles. The maximum Gasteiger partial charge on any atom is 0.306 e. The second-order valence-corrected chi connectivity index (χ2v) is 15.4. The highest BCUT2D eigenvalue weighted by Crippen LogP contribution is 2.12. The van der Waals surface area contributed by atoms with Crippen LogP contribution in [0, 0.1) is 0 Å². The average molecular weight is 807 g/mol. The summed E-state index contributed by atoms with van der Waals surface area (Å²) >= 11 is 0. The molecule has 0 N–H and O–H groups in total. The predicted octanol–water partition coefficient (Wildman–Crippen LogP) is 15.3. The molecular formula is C52H86O6. The van der Waals surface area contributed by atoms with Gasteiger partial charge in [0.15, 0.2) is 6.10 Å². The van der Waals surface area contributed by atoms with Gasteiger partial charge >= 0.3 is 17.9 Å². The molecule has 0 aliphatic heterocycles. The second kappa shape index (κ2) is 46.3. The number of ether oxygens (including phenoxy) is 3. The Hall–Kier alpha value is -3.41. The lowest BCUT2D eigenvalue weighted by molar-refractivity contribution is -0.166.